The van der Waals surface area contributed by atoms with Crippen LogP contribution in [0.3, 0.4) is 0 Å². The summed E-state index contributed by atoms with van der Waals surface area (Å²) in [6.45, 7) is 2.86. The molecule has 0 aliphatic heterocycles. The second kappa shape index (κ2) is 7.68. The smallest absolute Gasteiger partial charge is 0.338 e. The molecule has 2 fully saturated rings. The first-order valence-corrected chi connectivity index (χ1v) is 8.97. The highest BCUT2D eigenvalue weighted by Crippen LogP contribution is 2.64. The summed E-state index contributed by atoms with van der Waals surface area (Å²) < 4.78 is 21.8. The van der Waals surface area contributed by atoms with Crippen molar-refractivity contribution < 1.29 is 33.3 Å². The molecule has 2 unspecified atom stereocenters. The van der Waals surface area contributed by atoms with Crippen molar-refractivity contribution in [2.45, 2.75) is 45.0 Å². The first-order chi connectivity index (χ1) is 12.9. The minimum absolute atomic E-state index is 0.0210. The van der Waals surface area contributed by atoms with Gasteiger partial charge in [0.05, 0.1) is 18.3 Å². The van der Waals surface area contributed by atoms with Gasteiger partial charge < -0.3 is 18.9 Å². The first kappa shape index (κ1) is 19.4. The highest BCUT2D eigenvalue weighted by Gasteiger charge is 2.70. The lowest BCUT2D eigenvalue weighted by Gasteiger charge is -2.26. The van der Waals surface area contributed by atoms with Gasteiger partial charge in [-0.1, -0.05) is 18.2 Å². The van der Waals surface area contributed by atoms with Gasteiger partial charge in [0.1, 0.15) is 6.10 Å². The summed E-state index contributed by atoms with van der Waals surface area (Å²) in [7, 11) is 1.54. The van der Waals surface area contributed by atoms with E-state index in [1.807, 2.05) is 6.07 Å². The van der Waals surface area contributed by atoms with E-state index in [4.69, 9.17) is 18.9 Å². The number of hydrogen-bond acceptors (Lipinski definition) is 7. The number of carbonyl (C=O) groups excluding carboxylic acids is 3. The van der Waals surface area contributed by atoms with E-state index < -0.39 is 29.6 Å². The lowest BCUT2D eigenvalue weighted by Crippen LogP contribution is -2.40. The molecule has 0 N–H and O–H groups in total. The number of hydrogen-bond donors (Lipinski definition) is 0. The molecule has 0 radical (unpaired) electrons. The number of benzene rings is 1. The second-order valence-corrected chi connectivity index (χ2v) is 7.18. The Hall–Kier alpha value is -2.41. The predicted molar refractivity (Wildman–Crippen MR) is 93.8 cm³/mol. The fraction of sp³-hybridized carbons (Fsp3) is 0.550. The van der Waals surface area contributed by atoms with Gasteiger partial charge in [0, 0.05) is 32.3 Å². The molecule has 1 aromatic carbocycles. The Morgan fingerprint density at radius 2 is 1.70 bits per heavy atom. The summed E-state index contributed by atoms with van der Waals surface area (Å²) in [6, 6.07) is 8.76. The molecule has 0 bridgehead atoms. The molecule has 0 aromatic heterocycles. The van der Waals surface area contributed by atoms with Gasteiger partial charge in [-0.15, -0.1) is 0 Å². The first-order valence-electron chi connectivity index (χ1n) is 8.97. The van der Waals surface area contributed by atoms with E-state index in [2.05, 4.69) is 0 Å². The van der Waals surface area contributed by atoms with Crippen LogP contribution in [0, 0.1) is 11.3 Å². The van der Waals surface area contributed by atoms with Crippen molar-refractivity contribution in [2.75, 3.05) is 13.7 Å². The lowest BCUT2D eigenvalue weighted by atomic mass is 9.98. The summed E-state index contributed by atoms with van der Waals surface area (Å²) in [5.41, 5.74) is 0.0893. The normalized spacial score (nSPS) is 31.4. The number of esters is 3. The Labute approximate surface area is 157 Å². The minimum Gasteiger partial charge on any atom is -0.462 e. The molecule has 5 atom stereocenters. The molecule has 3 rings (SSSR count). The third-order valence-corrected chi connectivity index (χ3v) is 5.41. The van der Waals surface area contributed by atoms with Crippen LogP contribution < -0.4 is 0 Å². The van der Waals surface area contributed by atoms with Crippen LogP contribution in [0.25, 0.3) is 0 Å². The van der Waals surface area contributed by atoms with E-state index in [0.29, 0.717) is 18.4 Å². The number of ether oxygens (including phenoxy) is 4. The van der Waals surface area contributed by atoms with E-state index in [1.165, 1.54) is 21.0 Å². The van der Waals surface area contributed by atoms with Crippen LogP contribution in [0.5, 0.6) is 0 Å². The maximum Gasteiger partial charge on any atom is 0.338 e. The predicted octanol–water partition coefficient (Wildman–Crippen LogP) is 2.13. The van der Waals surface area contributed by atoms with Gasteiger partial charge >= 0.3 is 17.9 Å². The summed E-state index contributed by atoms with van der Waals surface area (Å²) >= 11 is 0. The summed E-state index contributed by atoms with van der Waals surface area (Å²) in [5, 5.41) is 0. The van der Waals surface area contributed by atoms with Crippen LogP contribution in [0.15, 0.2) is 30.3 Å². The monoisotopic (exact) mass is 376 g/mol. The van der Waals surface area contributed by atoms with E-state index >= 15 is 0 Å². The highest BCUT2D eigenvalue weighted by molar-refractivity contribution is 5.89. The fourth-order valence-corrected chi connectivity index (χ4v) is 4.10. The van der Waals surface area contributed by atoms with Gasteiger partial charge in [-0.2, -0.15) is 0 Å². The number of methoxy groups -OCH3 is 1. The molecule has 7 nitrogen and oxygen atoms in total. The number of carbonyl (C=O) groups is 3. The average Bonchev–Trinajstić information content (AvgIpc) is 3.27. The zero-order valence-corrected chi connectivity index (χ0v) is 15.7. The van der Waals surface area contributed by atoms with Gasteiger partial charge in [0.15, 0.2) is 6.10 Å². The molecule has 27 heavy (non-hydrogen) atoms. The standard InChI is InChI=1S/C20H24O7/c1-12(21)26-17-16(24-3)10-20(18(17)27-13(2)22)9-15(20)11-25-19(23)14-7-5-4-6-8-14/h4-8,15-18H,9-11H2,1-3H3/t15-,16+,17?,18?,20+/m0/s1. The largest absolute Gasteiger partial charge is 0.462 e. The van der Waals surface area contributed by atoms with Gasteiger partial charge in [-0.25, -0.2) is 4.79 Å². The van der Waals surface area contributed by atoms with E-state index in [-0.39, 0.29) is 24.6 Å². The molecule has 2 saturated carbocycles. The SMILES string of the molecule is CO[C@@H]1C[C@@]2(C[C@H]2COC(=O)c2ccccc2)C(OC(C)=O)C1OC(C)=O. The van der Waals surface area contributed by atoms with E-state index in [1.54, 1.807) is 24.3 Å². The van der Waals surface area contributed by atoms with Crippen LogP contribution in [0.4, 0.5) is 0 Å². The molecular weight excluding hydrogens is 352 g/mol. The van der Waals surface area contributed by atoms with Crippen molar-refractivity contribution in [3.8, 4) is 0 Å². The lowest BCUT2D eigenvalue weighted by molar-refractivity contribution is -0.172. The van der Waals surface area contributed by atoms with Crippen molar-refractivity contribution in [3.63, 3.8) is 0 Å². The van der Waals surface area contributed by atoms with Crippen LogP contribution in [-0.4, -0.2) is 49.9 Å². The number of rotatable bonds is 6. The molecular formula is C20H24O7. The van der Waals surface area contributed by atoms with Crippen molar-refractivity contribution in [2.24, 2.45) is 11.3 Å². The Kier molecular flexibility index (Phi) is 5.51. The molecule has 0 amide bonds. The highest BCUT2D eigenvalue weighted by atomic mass is 16.6. The molecule has 2 aliphatic rings. The van der Waals surface area contributed by atoms with E-state index in [9.17, 15) is 14.4 Å². The Morgan fingerprint density at radius 3 is 2.30 bits per heavy atom. The molecule has 7 heteroatoms. The molecule has 0 heterocycles. The quantitative estimate of drug-likeness (QED) is 0.555. The third-order valence-electron chi connectivity index (χ3n) is 5.41. The fourth-order valence-electron chi connectivity index (χ4n) is 4.10. The van der Waals surface area contributed by atoms with Crippen molar-refractivity contribution in [1.82, 2.24) is 0 Å². The maximum atomic E-state index is 12.2. The summed E-state index contributed by atoms with van der Waals surface area (Å²) in [5.74, 6) is -1.27. The van der Waals surface area contributed by atoms with Gasteiger partial charge in [0.25, 0.3) is 0 Å². The van der Waals surface area contributed by atoms with Crippen molar-refractivity contribution >= 4 is 17.9 Å². The Bertz CT molecular complexity index is 716. The maximum absolute atomic E-state index is 12.2. The van der Waals surface area contributed by atoms with Crippen LogP contribution >= 0.6 is 0 Å². The molecule has 0 saturated heterocycles. The molecule has 146 valence electrons. The van der Waals surface area contributed by atoms with Gasteiger partial charge in [0.2, 0.25) is 0 Å². The molecule has 1 spiro atoms. The van der Waals surface area contributed by atoms with Crippen LogP contribution in [0.2, 0.25) is 0 Å². The van der Waals surface area contributed by atoms with E-state index in [0.717, 1.165) is 0 Å². The summed E-state index contributed by atoms with van der Waals surface area (Å²) in [6.07, 6.45) is -0.346. The van der Waals surface area contributed by atoms with Crippen molar-refractivity contribution in [3.05, 3.63) is 35.9 Å². The Morgan fingerprint density at radius 1 is 1.04 bits per heavy atom. The topological polar surface area (TPSA) is 88.1 Å². The zero-order chi connectivity index (χ0) is 19.6. The van der Waals surface area contributed by atoms with Gasteiger partial charge in [-0.05, 0) is 25.0 Å². The second-order valence-electron chi connectivity index (χ2n) is 7.18. The zero-order valence-electron chi connectivity index (χ0n) is 15.7. The summed E-state index contributed by atoms with van der Waals surface area (Å²) in [4.78, 5) is 35.3. The average molecular weight is 376 g/mol. The molecule has 1 aromatic rings. The van der Waals surface area contributed by atoms with Crippen molar-refractivity contribution in [1.29, 1.82) is 0 Å². The molecule has 2 aliphatic carbocycles. The third kappa shape index (κ3) is 3.98. The van der Waals surface area contributed by atoms with Gasteiger partial charge in [-0.3, -0.25) is 9.59 Å². The van der Waals surface area contributed by atoms with Crippen LogP contribution in [-0.2, 0) is 28.5 Å². The minimum atomic E-state index is -0.661. The Balaban J connectivity index is 1.69. The van der Waals surface area contributed by atoms with Crippen LogP contribution in [0.1, 0.15) is 37.0 Å².